The maximum Gasteiger partial charge on any atom is 0.240 e. The smallest absolute Gasteiger partial charge is 0.240 e. The van der Waals surface area contributed by atoms with Crippen molar-refractivity contribution in [2.75, 3.05) is 13.7 Å². The molecule has 0 radical (unpaired) electrons. The molecule has 0 spiro atoms. The summed E-state index contributed by atoms with van der Waals surface area (Å²) in [6, 6.07) is 7.85. The lowest BCUT2D eigenvalue weighted by Crippen LogP contribution is -2.52. The first-order valence-electron chi connectivity index (χ1n) is 6.85. The van der Waals surface area contributed by atoms with E-state index in [2.05, 4.69) is 5.32 Å². The van der Waals surface area contributed by atoms with Gasteiger partial charge in [-0.05, 0) is 30.9 Å². The summed E-state index contributed by atoms with van der Waals surface area (Å²) < 4.78 is 5.29. The molecule has 0 unspecified atom stereocenters. The Bertz CT molecular complexity index is 440. The molecule has 0 bridgehead atoms. The second-order valence-corrected chi connectivity index (χ2v) is 5.18. The summed E-state index contributed by atoms with van der Waals surface area (Å²) in [5.41, 5.74) is 6.56. The average molecular weight is 262 g/mol. The quantitative estimate of drug-likeness (QED) is 0.847. The van der Waals surface area contributed by atoms with Crippen LogP contribution in [0, 0.1) is 0 Å². The normalized spacial score (nSPS) is 17.2. The minimum atomic E-state index is -0.638. The first kappa shape index (κ1) is 13.9. The van der Waals surface area contributed by atoms with E-state index in [1.165, 1.54) is 0 Å². The van der Waals surface area contributed by atoms with Crippen LogP contribution in [0.25, 0.3) is 0 Å². The number of rotatable bonds is 5. The lowest BCUT2D eigenvalue weighted by atomic mass is 9.98. The maximum absolute atomic E-state index is 12.0. The van der Waals surface area contributed by atoms with Crippen LogP contribution in [0.15, 0.2) is 24.3 Å². The number of carbonyl (C=O) groups excluding carboxylic acids is 1. The van der Waals surface area contributed by atoms with Gasteiger partial charge in [-0.25, -0.2) is 0 Å². The van der Waals surface area contributed by atoms with Crippen molar-refractivity contribution in [3.8, 4) is 5.75 Å². The summed E-state index contributed by atoms with van der Waals surface area (Å²) in [5, 5.41) is 2.95. The largest absolute Gasteiger partial charge is 0.496 e. The molecule has 19 heavy (non-hydrogen) atoms. The summed E-state index contributed by atoms with van der Waals surface area (Å²) in [6.07, 6.45) is 4.46. The van der Waals surface area contributed by atoms with Gasteiger partial charge in [0.15, 0.2) is 0 Å². The second-order valence-electron chi connectivity index (χ2n) is 5.18. The predicted molar refractivity (Wildman–Crippen MR) is 75.1 cm³/mol. The van der Waals surface area contributed by atoms with Gasteiger partial charge in [0.25, 0.3) is 0 Å². The summed E-state index contributed by atoms with van der Waals surface area (Å²) in [5.74, 6) is 0.847. The minimum Gasteiger partial charge on any atom is -0.496 e. The standard InChI is InChI=1S/C15H22N2O2/c1-19-13-7-3-2-6-12(13)8-11-17-14(18)15(16)9-4-5-10-15/h2-3,6-7H,4-5,8-11,16H2,1H3,(H,17,18). The third-order valence-corrected chi connectivity index (χ3v) is 3.82. The van der Waals surface area contributed by atoms with Crippen LogP contribution in [0.1, 0.15) is 31.2 Å². The van der Waals surface area contributed by atoms with Crippen molar-refractivity contribution >= 4 is 5.91 Å². The van der Waals surface area contributed by atoms with Crippen LogP contribution < -0.4 is 15.8 Å². The van der Waals surface area contributed by atoms with Crippen molar-refractivity contribution in [3.63, 3.8) is 0 Å². The fourth-order valence-corrected chi connectivity index (χ4v) is 2.63. The summed E-state index contributed by atoms with van der Waals surface area (Å²) in [6.45, 7) is 0.595. The Kier molecular flexibility index (Phi) is 4.43. The number of nitrogens with two attached hydrogens (primary N) is 1. The van der Waals surface area contributed by atoms with E-state index in [-0.39, 0.29) is 5.91 Å². The van der Waals surface area contributed by atoms with Crippen LogP contribution >= 0.6 is 0 Å². The first-order chi connectivity index (χ1) is 9.15. The van der Waals surface area contributed by atoms with Crippen molar-refractivity contribution < 1.29 is 9.53 Å². The van der Waals surface area contributed by atoms with Crippen molar-refractivity contribution in [1.82, 2.24) is 5.32 Å². The number of benzene rings is 1. The first-order valence-corrected chi connectivity index (χ1v) is 6.85. The molecule has 1 aliphatic rings. The molecule has 1 amide bonds. The lowest BCUT2D eigenvalue weighted by Gasteiger charge is -2.22. The van der Waals surface area contributed by atoms with E-state index in [9.17, 15) is 4.79 Å². The molecule has 0 heterocycles. The molecule has 1 aromatic carbocycles. The number of para-hydroxylation sites is 1. The Morgan fingerprint density at radius 2 is 2.05 bits per heavy atom. The van der Waals surface area contributed by atoms with Gasteiger partial charge in [0.2, 0.25) is 5.91 Å². The molecule has 1 fully saturated rings. The third-order valence-electron chi connectivity index (χ3n) is 3.82. The fourth-order valence-electron chi connectivity index (χ4n) is 2.63. The molecule has 4 heteroatoms. The Morgan fingerprint density at radius 1 is 1.37 bits per heavy atom. The molecule has 4 nitrogen and oxygen atoms in total. The number of carbonyl (C=O) groups is 1. The number of methoxy groups -OCH3 is 1. The van der Waals surface area contributed by atoms with E-state index in [0.29, 0.717) is 6.54 Å². The Morgan fingerprint density at radius 3 is 2.74 bits per heavy atom. The van der Waals surface area contributed by atoms with E-state index >= 15 is 0 Å². The van der Waals surface area contributed by atoms with Crippen LogP contribution in [-0.4, -0.2) is 25.1 Å². The molecule has 0 atom stereocenters. The van der Waals surface area contributed by atoms with Crippen LogP contribution in [-0.2, 0) is 11.2 Å². The summed E-state index contributed by atoms with van der Waals surface area (Å²) in [7, 11) is 1.66. The summed E-state index contributed by atoms with van der Waals surface area (Å²) in [4.78, 5) is 12.0. The maximum atomic E-state index is 12.0. The van der Waals surface area contributed by atoms with Gasteiger partial charge in [-0.3, -0.25) is 4.79 Å². The number of hydrogen-bond acceptors (Lipinski definition) is 3. The fraction of sp³-hybridized carbons (Fsp3) is 0.533. The van der Waals surface area contributed by atoms with E-state index < -0.39 is 5.54 Å². The van der Waals surface area contributed by atoms with E-state index in [1.54, 1.807) is 7.11 Å². The van der Waals surface area contributed by atoms with Gasteiger partial charge in [-0.2, -0.15) is 0 Å². The molecule has 0 saturated heterocycles. The molecular formula is C15H22N2O2. The molecule has 1 aromatic rings. The van der Waals surface area contributed by atoms with Gasteiger partial charge in [-0.15, -0.1) is 0 Å². The van der Waals surface area contributed by atoms with Crippen LogP contribution in [0.5, 0.6) is 5.75 Å². The van der Waals surface area contributed by atoms with Crippen molar-refractivity contribution in [3.05, 3.63) is 29.8 Å². The molecule has 2 rings (SSSR count). The van der Waals surface area contributed by atoms with E-state index in [0.717, 1.165) is 43.4 Å². The van der Waals surface area contributed by atoms with Crippen molar-refractivity contribution in [2.24, 2.45) is 5.73 Å². The van der Waals surface area contributed by atoms with Gasteiger partial charge >= 0.3 is 0 Å². The number of ether oxygens (including phenoxy) is 1. The van der Waals surface area contributed by atoms with Gasteiger partial charge in [0.1, 0.15) is 5.75 Å². The SMILES string of the molecule is COc1ccccc1CCNC(=O)C1(N)CCCC1. The zero-order valence-corrected chi connectivity index (χ0v) is 11.4. The van der Waals surface area contributed by atoms with Crippen molar-refractivity contribution in [2.45, 2.75) is 37.6 Å². The highest BCUT2D eigenvalue weighted by Crippen LogP contribution is 2.27. The molecule has 0 aromatic heterocycles. The van der Waals surface area contributed by atoms with E-state index in [4.69, 9.17) is 10.5 Å². The number of nitrogens with one attached hydrogen (secondary N) is 1. The van der Waals surface area contributed by atoms with Gasteiger partial charge in [0.05, 0.1) is 12.6 Å². The average Bonchev–Trinajstić information content (AvgIpc) is 2.87. The van der Waals surface area contributed by atoms with Crippen molar-refractivity contribution in [1.29, 1.82) is 0 Å². The third kappa shape index (κ3) is 3.26. The van der Waals surface area contributed by atoms with Gasteiger partial charge in [0, 0.05) is 6.54 Å². The molecule has 1 saturated carbocycles. The highest BCUT2D eigenvalue weighted by molar-refractivity contribution is 5.86. The second kappa shape index (κ2) is 6.06. The molecule has 3 N–H and O–H groups in total. The molecule has 104 valence electrons. The predicted octanol–water partition coefficient (Wildman–Crippen LogP) is 1.63. The van der Waals surface area contributed by atoms with Crippen LogP contribution in [0.2, 0.25) is 0 Å². The van der Waals surface area contributed by atoms with Crippen LogP contribution in [0.4, 0.5) is 0 Å². The molecular weight excluding hydrogens is 240 g/mol. The monoisotopic (exact) mass is 262 g/mol. The highest BCUT2D eigenvalue weighted by atomic mass is 16.5. The zero-order valence-electron chi connectivity index (χ0n) is 11.4. The van der Waals surface area contributed by atoms with Gasteiger partial charge < -0.3 is 15.8 Å². The minimum absolute atomic E-state index is 0.0140. The Hall–Kier alpha value is -1.55. The van der Waals surface area contributed by atoms with Crippen LogP contribution in [0.3, 0.4) is 0 Å². The number of hydrogen-bond donors (Lipinski definition) is 2. The molecule has 1 aliphatic carbocycles. The lowest BCUT2D eigenvalue weighted by molar-refractivity contribution is -0.126. The number of amides is 1. The van der Waals surface area contributed by atoms with E-state index in [1.807, 2.05) is 24.3 Å². The zero-order chi connectivity index (χ0) is 13.7. The summed E-state index contributed by atoms with van der Waals surface area (Å²) >= 11 is 0. The Labute approximate surface area is 114 Å². The van der Waals surface area contributed by atoms with Gasteiger partial charge in [-0.1, -0.05) is 31.0 Å². The molecule has 0 aliphatic heterocycles. The topological polar surface area (TPSA) is 64.3 Å². The highest BCUT2D eigenvalue weighted by Gasteiger charge is 2.36. The Balaban J connectivity index is 1.85.